The van der Waals surface area contributed by atoms with E-state index in [-0.39, 0.29) is 22.7 Å². The lowest BCUT2D eigenvalue weighted by molar-refractivity contribution is 0.187. The summed E-state index contributed by atoms with van der Waals surface area (Å²) in [5.74, 6) is 0.215. The topological polar surface area (TPSA) is 84.9 Å². The second kappa shape index (κ2) is 11.0. The van der Waals surface area contributed by atoms with E-state index >= 15 is 0 Å². The summed E-state index contributed by atoms with van der Waals surface area (Å²) < 4.78 is 48.2. The Labute approximate surface area is 199 Å². The summed E-state index contributed by atoms with van der Waals surface area (Å²) >= 11 is 0. The number of nitrogens with one attached hydrogen (secondary N) is 1. The zero-order valence-corrected chi connectivity index (χ0v) is 20.0. The smallest absolute Gasteiger partial charge is 0.339 e. The Morgan fingerprint density at radius 1 is 1.03 bits per heavy atom. The van der Waals surface area contributed by atoms with Gasteiger partial charge in [0.25, 0.3) is 0 Å². The summed E-state index contributed by atoms with van der Waals surface area (Å²) in [4.78, 5) is 14.6. The van der Waals surface area contributed by atoms with Crippen molar-refractivity contribution >= 4 is 21.8 Å². The molecule has 180 valence electrons. The Balaban J connectivity index is 1.71. The van der Waals surface area contributed by atoms with E-state index in [1.54, 1.807) is 48.4 Å². The first-order valence-corrected chi connectivity index (χ1v) is 12.1. The second-order valence-corrected chi connectivity index (χ2v) is 9.23. The van der Waals surface area contributed by atoms with Crippen LogP contribution < -0.4 is 14.2 Å². The summed E-state index contributed by atoms with van der Waals surface area (Å²) in [7, 11) is -2.53. The summed E-state index contributed by atoms with van der Waals surface area (Å²) in [5.41, 5.74) is 1.42. The van der Waals surface area contributed by atoms with Crippen molar-refractivity contribution in [3.8, 4) is 11.5 Å². The van der Waals surface area contributed by atoms with Gasteiger partial charge >= 0.3 is 16.1 Å². The molecule has 0 aliphatic rings. The van der Waals surface area contributed by atoms with Crippen molar-refractivity contribution in [2.75, 3.05) is 12.4 Å². The summed E-state index contributed by atoms with van der Waals surface area (Å²) in [6, 6.07) is 17.6. The van der Waals surface area contributed by atoms with Crippen LogP contribution in [0.1, 0.15) is 25.8 Å². The molecule has 0 saturated carbocycles. The minimum atomic E-state index is -4.09. The Kier molecular flexibility index (Phi) is 8.12. The van der Waals surface area contributed by atoms with Gasteiger partial charge in [0, 0.05) is 24.3 Å². The lowest BCUT2D eigenvalue weighted by Gasteiger charge is -2.29. The quantitative estimate of drug-likeness (QED) is 0.408. The number of ether oxygens (including phenoxy) is 1. The molecule has 2 amide bonds. The maximum Gasteiger partial charge on any atom is 0.339 e. The van der Waals surface area contributed by atoms with Crippen molar-refractivity contribution < 1.29 is 26.5 Å². The number of amides is 2. The van der Waals surface area contributed by atoms with Crippen molar-refractivity contribution in [3.63, 3.8) is 0 Å². The predicted octanol–water partition coefficient (Wildman–Crippen LogP) is 5.43. The van der Waals surface area contributed by atoms with Crippen LogP contribution in [-0.4, -0.2) is 32.5 Å². The molecule has 9 heteroatoms. The predicted molar refractivity (Wildman–Crippen MR) is 128 cm³/mol. The molecule has 3 aromatic carbocycles. The van der Waals surface area contributed by atoms with Crippen LogP contribution in [0, 0.1) is 5.82 Å². The molecule has 3 rings (SSSR count). The number of carbonyl (C=O) groups excluding carboxylic acids is 1. The molecular weight excluding hydrogens is 459 g/mol. The molecule has 0 aliphatic heterocycles. The fourth-order valence-corrected chi connectivity index (χ4v) is 4.10. The molecular formula is C25H27FN2O5S. The third kappa shape index (κ3) is 6.48. The molecule has 0 radical (unpaired) electrons. The molecule has 0 spiro atoms. The van der Waals surface area contributed by atoms with Gasteiger partial charge in [-0.25, -0.2) is 9.18 Å². The first-order valence-electron chi connectivity index (χ1n) is 10.7. The van der Waals surface area contributed by atoms with E-state index in [0.29, 0.717) is 18.0 Å². The van der Waals surface area contributed by atoms with Gasteiger partial charge in [-0.1, -0.05) is 25.1 Å². The highest BCUT2D eigenvalue weighted by molar-refractivity contribution is 7.87. The fourth-order valence-electron chi connectivity index (χ4n) is 3.17. The molecule has 0 aromatic heterocycles. The highest BCUT2D eigenvalue weighted by Gasteiger charge is 2.20. The average molecular weight is 487 g/mol. The second-order valence-electron chi connectivity index (χ2n) is 7.68. The average Bonchev–Trinajstić information content (AvgIpc) is 2.83. The van der Waals surface area contributed by atoms with E-state index < -0.39 is 15.9 Å². The number of benzene rings is 3. The number of urea groups is 1. The Morgan fingerprint density at radius 2 is 1.71 bits per heavy atom. The number of nitrogens with zero attached hydrogens (tertiary/aromatic N) is 1. The number of carbonyl (C=O) groups is 1. The number of hydrogen-bond acceptors (Lipinski definition) is 5. The molecule has 34 heavy (non-hydrogen) atoms. The third-order valence-corrected chi connectivity index (χ3v) is 6.55. The van der Waals surface area contributed by atoms with Crippen LogP contribution >= 0.6 is 0 Å². The van der Waals surface area contributed by atoms with Crippen LogP contribution in [0.4, 0.5) is 14.9 Å². The zero-order valence-electron chi connectivity index (χ0n) is 19.2. The molecule has 0 saturated heterocycles. The standard InChI is InChI=1S/C25H27FN2O5S/c1-4-18(2)28(25(29)27-21-6-5-7-23(16-21)32-3)17-19-8-12-22(13-9-19)33-34(30,31)24-14-10-20(26)11-15-24/h5-16,18H,4,17H2,1-3H3,(H,27,29)/t18-/m1/s1. The van der Waals surface area contributed by atoms with E-state index in [4.69, 9.17) is 8.92 Å². The number of anilines is 1. The number of halogens is 1. The Morgan fingerprint density at radius 3 is 2.32 bits per heavy atom. The highest BCUT2D eigenvalue weighted by atomic mass is 32.2. The lowest BCUT2D eigenvalue weighted by atomic mass is 10.1. The molecule has 0 heterocycles. The van der Waals surface area contributed by atoms with Gasteiger partial charge < -0.3 is 19.1 Å². The maximum absolute atomic E-state index is 13.1. The Bertz CT molecular complexity index is 1210. The van der Waals surface area contributed by atoms with Crippen molar-refractivity contribution in [3.05, 3.63) is 84.2 Å². The van der Waals surface area contributed by atoms with E-state index in [1.807, 2.05) is 13.8 Å². The molecule has 0 fully saturated rings. The molecule has 3 aromatic rings. The summed E-state index contributed by atoms with van der Waals surface area (Å²) in [6.07, 6.45) is 0.753. The molecule has 0 bridgehead atoms. The van der Waals surface area contributed by atoms with Crippen molar-refractivity contribution in [2.45, 2.75) is 37.8 Å². The molecule has 1 N–H and O–H groups in total. The highest BCUT2D eigenvalue weighted by Crippen LogP contribution is 2.22. The van der Waals surface area contributed by atoms with Gasteiger partial charge in [-0.2, -0.15) is 8.42 Å². The minimum Gasteiger partial charge on any atom is -0.497 e. The first-order chi connectivity index (χ1) is 16.2. The summed E-state index contributed by atoms with van der Waals surface area (Å²) in [6.45, 7) is 4.27. The van der Waals surface area contributed by atoms with E-state index in [1.165, 1.54) is 12.1 Å². The summed E-state index contributed by atoms with van der Waals surface area (Å²) in [5, 5.41) is 2.89. The minimum absolute atomic E-state index is 0.0413. The maximum atomic E-state index is 13.1. The largest absolute Gasteiger partial charge is 0.497 e. The van der Waals surface area contributed by atoms with E-state index in [0.717, 1.165) is 36.2 Å². The van der Waals surface area contributed by atoms with Gasteiger partial charge in [0.05, 0.1) is 7.11 Å². The SMILES string of the molecule is CC[C@@H](C)N(Cc1ccc(OS(=O)(=O)c2ccc(F)cc2)cc1)C(=O)Nc1cccc(OC)c1. The fraction of sp³-hybridized carbons (Fsp3) is 0.240. The number of hydrogen-bond donors (Lipinski definition) is 1. The molecule has 0 aliphatic carbocycles. The van der Waals surface area contributed by atoms with Crippen LogP contribution in [0.2, 0.25) is 0 Å². The van der Waals surface area contributed by atoms with Gasteiger partial charge in [-0.05, 0) is 67.4 Å². The van der Waals surface area contributed by atoms with Gasteiger partial charge in [-0.3, -0.25) is 0 Å². The lowest BCUT2D eigenvalue weighted by Crippen LogP contribution is -2.40. The first kappa shape index (κ1) is 25.0. The van der Waals surface area contributed by atoms with Crippen LogP contribution in [0.5, 0.6) is 11.5 Å². The van der Waals surface area contributed by atoms with E-state index in [2.05, 4.69) is 5.32 Å². The van der Waals surface area contributed by atoms with Crippen molar-refractivity contribution in [2.24, 2.45) is 0 Å². The van der Waals surface area contributed by atoms with Gasteiger partial charge in [0.1, 0.15) is 22.2 Å². The zero-order chi connectivity index (χ0) is 24.7. The normalized spacial score (nSPS) is 12.0. The van der Waals surface area contributed by atoms with Crippen LogP contribution in [0.25, 0.3) is 0 Å². The van der Waals surface area contributed by atoms with Crippen LogP contribution in [0.15, 0.2) is 77.7 Å². The van der Waals surface area contributed by atoms with Crippen molar-refractivity contribution in [1.82, 2.24) is 4.90 Å². The molecule has 7 nitrogen and oxygen atoms in total. The number of methoxy groups -OCH3 is 1. The number of rotatable bonds is 9. The van der Waals surface area contributed by atoms with Gasteiger partial charge in [0.15, 0.2) is 0 Å². The van der Waals surface area contributed by atoms with Crippen LogP contribution in [-0.2, 0) is 16.7 Å². The Hall–Kier alpha value is -3.59. The monoisotopic (exact) mass is 486 g/mol. The molecule has 1 atom stereocenters. The third-order valence-electron chi connectivity index (χ3n) is 5.29. The van der Waals surface area contributed by atoms with Crippen molar-refractivity contribution in [1.29, 1.82) is 0 Å². The van der Waals surface area contributed by atoms with E-state index in [9.17, 15) is 17.6 Å². The molecule has 0 unspecified atom stereocenters. The van der Waals surface area contributed by atoms with Gasteiger partial charge in [0.2, 0.25) is 0 Å². The van der Waals surface area contributed by atoms with Gasteiger partial charge in [-0.15, -0.1) is 0 Å². The van der Waals surface area contributed by atoms with Crippen LogP contribution in [0.3, 0.4) is 0 Å².